The smallest absolute Gasteiger partial charge is 0.272 e. The quantitative estimate of drug-likeness (QED) is 0.872. The minimum absolute atomic E-state index is 0.0934. The largest absolute Gasteiger partial charge is 0.349 e. The number of aromatic nitrogens is 1. The van der Waals surface area contributed by atoms with Crippen LogP contribution in [0.15, 0.2) is 18.3 Å². The van der Waals surface area contributed by atoms with Crippen LogP contribution in [-0.4, -0.2) is 65.9 Å². The molecule has 112 valence electrons. The number of carbonyl (C=O) groups is 2. The van der Waals surface area contributed by atoms with Crippen molar-refractivity contribution in [1.29, 1.82) is 0 Å². The first-order chi connectivity index (χ1) is 10.1. The summed E-state index contributed by atoms with van der Waals surface area (Å²) in [5.41, 5.74) is 0.859. The molecule has 2 amide bonds. The Bertz CT molecular complexity index is 548. The summed E-state index contributed by atoms with van der Waals surface area (Å²) in [5.74, 6) is -0.212. The summed E-state index contributed by atoms with van der Waals surface area (Å²) in [5, 5.41) is 2.92. The summed E-state index contributed by atoms with van der Waals surface area (Å²) in [6.45, 7) is 3.15. The second-order valence-corrected chi connectivity index (χ2v) is 5.77. The van der Waals surface area contributed by atoms with Crippen LogP contribution in [0, 0.1) is 0 Å². The Balaban J connectivity index is 1.69. The van der Waals surface area contributed by atoms with Crippen LogP contribution < -0.4 is 5.32 Å². The summed E-state index contributed by atoms with van der Waals surface area (Å²) in [6, 6.07) is 3.55. The van der Waals surface area contributed by atoms with Crippen molar-refractivity contribution in [2.24, 2.45) is 0 Å². The van der Waals surface area contributed by atoms with Gasteiger partial charge >= 0.3 is 0 Å². The summed E-state index contributed by atoms with van der Waals surface area (Å²) >= 11 is 0. The number of hydrogen-bond donors (Lipinski definition) is 1. The highest BCUT2D eigenvalue weighted by molar-refractivity contribution is 5.98. The second-order valence-electron chi connectivity index (χ2n) is 5.77. The molecule has 1 saturated heterocycles. The maximum Gasteiger partial charge on any atom is 0.272 e. The molecule has 1 N–H and O–H groups in total. The summed E-state index contributed by atoms with van der Waals surface area (Å²) in [7, 11) is 2.04. The number of amides is 2. The number of pyridine rings is 1. The van der Waals surface area contributed by atoms with Crippen LogP contribution >= 0.6 is 0 Å². The molecule has 6 nitrogen and oxygen atoms in total. The number of hydrogen-bond acceptors (Lipinski definition) is 4. The van der Waals surface area contributed by atoms with Crippen molar-refractivity contribution in [3.63, 3.8) is 0 Å². The molecule has 6 heteroatoms. The molecule has 3 rings (SSSR count). The van der Waals surface area contributed by atoms with Gasteiger partial charge in [-0.25, -0.2) is 0 Å². The molecule has 1 saturated carbocycles. The Kier molecular flexibility index (Phi) is 3.88. The topological polar surface area (TPSA) is 65.5 Å². The molecule has 0 unspecified atom stereocenters. The van der Waals surface area contributed by atoms with E-state index in [0.717, 1.165) is 25.9 Å². The van der Waals surface area contributed by atoms with Crippen LogP contribution in [0.2, 0.25) is 0 Å². The zero-order valence-corrected chi connectivity index (χ0v) is 12.2. The lowest BCUT2D eigenvalue weighted by Crippen LogP contribution is -2.47. The number of nitrogens with zero attached hydrogens (tertiary/aromatic N) is 3. The van der Waals surface area contributed by atoms with Crippen molar-refractivity contribution >= 4 is 11.8 Å². The van der Waals surface area contributed by atoms with Crippen molar-refractivity contribution in [3.05, 3.63) is 29.6 Å². The molecule has 1 aromatic rings. The fraction of sp³-hybridized carbons (Fsp3) is 0.533. The molecule has 2 aliphatic rings. The molecule has 1 aromatic heterocycles. The summed E-state index contributed by atoms with van der Waals surface area (Å²) in [6.07, 6.45) is 3.62. The fourth-order valence-electron chi connectivity index (χ4n) is 2.36. The highest BCUT2D eigenvalue weighted by atomic mass is 16.2. The fourth-order valence-corrected chi connectivity index (χ4v) is 2.36. The predicted octanol–water partition coefficient (Wildman–Crippen LogP) is 0.361. The van der Waals surface area contributed by atoms with E-state index in [2.05, 4.69) is 15.2 Å². The molecule has 0 radical (unpaired) electrons. The zero-order valence-electron chi connectivity index (χ0n) is 12.2. The van der Waals surface area contributed by atoms with E-state index in [1.54, 1.807) is 17.0 Å². The number of piperazine rings is 1. The molecular weight excluding hydrogens is 268 g/mol. The van der Waals surface area contributed by atoms with Crippen molar-refractivity contribution < 1.29 is 9.59 Å². The van der Waals surface area contributed by atoms with Gasteiger partial charge < -0.3 is 15.1 Å². The van der Waals surface area contributed by atoms with Gasteiger partial charge in [-0.1, -0.05) is 0 Å². The van der Waals surface area contributed by atoms with E-state index in [-0.39, 0.29) is 11.8 Å². The van der Waals surface area contributed by atoms with Crippen LogP contribution in [0.4, 0.5) is 0 Å². The van der Waals surface area contributed by atoms with Crippen molar-refractivity contribution in [2.75, 3.05) is 33.2 Å². The molecule has 1 aliphatic heterocycles. The van der Waals surface area contributed by atoms with Gasteiger partial charge in [0.15, 0.2) is 0 Å². The van der Waals surface area contributed by atoms with Gasteiger partial charge in [-0.3, -0.25) is 14.6 Å². The van der Waals surface area contributed by atoms with Crippen molar-refractivity contribution in [1.82, 2.24) is 20.1 Å². The van der Waals surface area contributed by atoms with Gasteiger partial charge in [0, 0.05) is 44.0 Å². The lowest BCUT2D eigenvalue weighted by molar-refractivity contribution is 0.0658. The third kappa shape index (κ3) is 3.39. The lowest BCUT2D eigenvalue weighted by atomic mass is 10.2. The monoisotopic (exact) mass is 288 g/mol. The van der Waals surface area contributed by atoms with E-state index in [1.165, 1.54) is 6.20 Å². The number of rotatable bonds is 3. The van der Waals surface area contributed by atoms with E-state index in [4.69, 9.17) is 0 Å². The highest BCUT2D eigenvalue weighted by Gasteiger charge is 2.25. The van der Waals surface area contributed by atoms with Crippen LogP contribution in [0.1, 0.15) is 33.7 Å². The molecule has 1 aliphatic carbocycles. The Labute approximate surface area is 124 Å². The third-order valence-electron chi connectivity index (χ3n) is 3.94. The Morgan fingerprint density at radius 3 is 2.62 bits per heavy atom. The molecule has 0 spiro atoms. The standard InChI is InChI=1S/C15H20N4O2/c1-18-6-8-19(9-7-18)15(21)13-10-11(4-5-16-13)14(20)17-12-2-3-12/h4-5,10,12H,2-3,6-9H2,1H3,(H,17,20). The third-order valence-corrected chi connectivity index (χ3v) is 3.94. The molecule has 2 heterocycles. The second kappa shape index (κ2) is 5.81. The molecule has 2 fully saturated rings. The minimum atomic E-state index is -0.118. The molecule has 0 bridgehead atoms. The van der Waals surface area contributed by atoms with Gasteiger partial charge in [0.25, 0.3) is 11.8 Å². The summed E-state index contributed by atoms with van der Waals surface area (Å²) in [4.78, 5) is 32.6. The summed E-state index contributed by atoms with van der Waals surface area (Å²) < 4.78 is 0. The first-order valence-corrected chi connectivity index (χ1v) is 7.38. The minimum Gasteiger partial charge on any atom is -0.349 e. The van der Waals surface area contributed by atoms with Crippen molar-refractivity contribution in [3.8, 4) is 0 Å². The van der Waals surface area contributed by atoms with Gasteiger partial charge in [0.1, 0.15) is 5.69 Å². The normalized spacial score (nSPS) is 19.4. The average Bonchev–Trinajstić information content (AvgIpc) is 3.31. The Hall–Kier alpha value is -1.95. The number of likely N-dealkylation sites (N-methyl/N-ethyl adjacent to an activating group) is 1. The van der Waals surface area contributed by atoms with Crippen LogP contribution in [-0.2, 0) is 0 Å². The predicted molar refractivity (Wildman–Crippen MR) is 78.1 cm³/mol. The SMILES string of the molecule is CN1CCN(C(=O)c2cc(C(=O)NC3CC3)ccn2)CC1. The lowest BCUT2D eigenvalue weighted by Gasteiger charge is -2.32. The zero-order chi connectivity index (χ0) is 14.8. The first kappa shape index (κ1) is 14.0. The van der Waals surface area contributed by atoms with Gasteiger partial charge in [-0.15, -0.1) is 0 Å². The Morgan fingerprint density at radius 1 is 1.24 bits per heavy atom. The van der Waals surface area contributed by atoms with E-state index < -0.39 is 0 Å². The maximum atomic E-state index is 12.4. The van der Waals surface area contributed by atoms with E-state index >= 15 is 0 Å². The molecule has 0 atom stereocenters. The molecule has 0 aromatic carbocycles. The van der Waals surface area contributed by atoms with Gasteiger partial charge in [0.05, 0.1) is 0 Å². The van der Waals surface area contributed by atoms with Gasteiger partial charge in [-0.2, -0.15) is 0 Å². The van der Waals surface area contributed by atoms with E-state index in [1.807, 2.05) is 7.05 Å². The number of nitrogens with one attached hydrogen (secondary N) is 1. The van der Waals surface area contributed by atoms with Gasteiger partial charge in [-0.05, 0) is 32.0 Å². The first-order valence-electron chi connectivity index (χ1n) is 7.38. The van der Waals surface area contributed by atoms with Crippen LogP contribution in [0.25, 0.3) is 0 Å². The highest BCUT2D eigenvalue weighted by Crippen LogP contribution is 2.19. The maximum absolute atomic E-state index is 12.4. The van der Waals surface area contributed by atoms with E-state index in [0.29, 0.717) is 30.4 Å². The Morgan fingerprint density at radius 2 is 1.95 bits per heavy atom. The molecule has 21 heavy (non-hydrogen) atoms. The van der Waals surface area contributed by atoms with Gasteiger partial charge in [0.2, 0.25) is 0 Å². The van der Waals surface area contributed by atoms with Crippen molar-refractivity contribution in [2.45, 2.75) is 18.9 Å². The number of carbonyl (C=O) groups excluding carboxylic acids is 2. The average molecular weight is 288 g/mol. The van der Waals surface area contributed by atoms with Crippen LogP contribution in [0.3, 0.4) is 0 Å². The molecular formula is C15H20N4O2. The van der Waals surface area contributed by atoms with E-state index in [9.17, 15) is 9.59 Å². The van der Waals surface area contributed by atoms with Crippen LogP contribution in [0.5, 0.6) is 0 Å².